The number of aryl methyl sites for hydroxylation is 1. The van der Waals surface area contributed by atoms with Crippen molar-refractivity contribution in [1.82, 2.24) is 0 Å². The molecule has 0 aliphatic carbocycles. The van der Waals surface area contributed by atoms with Crippen LogP contribution in [-0.4, -0.2) is 17.2 Å². The molecule has 0 spiro atoms. The number of amides is 1. The van der Waals surface area contributed by atoms with E-state index in [1.807, 2.05) is 6.07 Å². The van der Waals surface area contributed by atoms with Crippen LogP contribution in [0, 0.1) is 12.7 Å². The zero-order chi connectivity index (χ0) is 16.1. The monoisotopic (exact) mass is 303 g/mol. The van der Waals surface area contributed by atoms with Gasteiger partial charge in [0.2, 0.25) is 0 Å². The number of aromatic carboxylic acids is 1. The molecule has 6 heteroatoms. The number of hydrogen-bond acceptors (Lipinski definition) is 3. The Balaban J connectivity index is 2.08. The summed E-state index contributed by atoms with van der Waals surface area (Å²) in [6.07, 6.45) is -0.852. The number of benzene rings is 2. The van der Waals surface area contributed by atoms with Gasteiger partial charge in [0.15, 0.2) is 0 Å². The number of carbonyl (C=O) groups excluding carboxylic acids is 1. The first-order valence-electron chi connectivity index (χ1n) is 6.48. The van der Waals surface area contributed by atoms with Gasteiger partial charge in [-0.1, -0.05) is 30.3 Å². The Kier molecular flexibility index (Phi) is 4.73. The summed E-state index contributed by atoms with van der Waals surface area (Å²) in [5.41, 5.74) is 0.621. The molecule has 0 saturated carbocycles. The topological polar surface area (TPSA) is 75.6 Å². The Morgan fingerprint density at radius 1 is 1.23 bits per heavy atom. The molecule has 2 aromatic rings. The summed E-state index contributed by atoms with van der Waals surface area (Å²) < 4.78 is 18.5. The van der Waals surface area contributed by atoms with E-state index in [0.29, 0.717) is 0 Å². The highest BCUT2D eigenvalue weighted by Gasteiger charge is 2.16. The normalized spacial score (nSPS) is 10.1. The zero-order valence-electron chi connectivity index (χ0n) is 11.8. The third-order valence-corrected chi connectivity index (χ3v) is 2.98. The molecule has 0 aliphatic heterocycles. The van der Waals surface area contributed by atoms with Crippen LogP contribution in [0.2, 0.25) is 0 Å². The van der Waals surface area contributed by atoms with Gasteiger partial charge in [0.1, 0.15) is 12.4 Å². The molecule has 0 atom stereocenters. The molecular weight excluding hydrogens is 289 g/mol. The Morgan fingerprint density at radius 3 is 2.55 bits per heavy atom. The van der Waals surface area contributed by atoms with Crippen LogP contribution in [0.25, 0.3) is 0 Å². The highest BCUT2D eigenvalue weighted by atomic mass is 19.1. The third kappa shape index (κ3) is 3.82. The number of carboxylic acids is 1. The molecule has 5 nitrogen and oxygen atoms in total. The van der Waals surface area contributed by atoms with E-state index in [-0.39, 0.29) is 23.4 Å². The molecule has 2 rings (SSSR count). The molecule has 0 unspecified atom stereocenters. The zero-order valence-corrected chi connectivity index (χ0v) is 11.8. The van der Waals surface area contributed by atoms with Gasteiger partial charge in [-0.2, -0.15) is 0 Å². The molecule has 0 radical (unpaired) electrons. The van der Waals surface area contributed by atoms with Crippen molar-refractivity contribution >= 4 is 17.7 Å². The average Bonchev–Trinajstić information content (AvgIpc) is 2.49. The van der Waals surface area contributed by atoms with Gasteiger partial charge < -0.3 is 9.84 Å². The van der Waals surface area contributed by atoms with E-state index in [9.17, 15) is 14.0 Å². The fraction of sp³-hybridized carbons (Fsp3) is 0.125. The van der Waals surface area contributed by atoms with E-state index < -0.39 is 17.9 Å². The second kappa shape index (κ2) is 6.71. The summed E-state index contributed by atoms with van der Waals surface area (Å²) in [6, 6.07) is 11.1. The Hall–Kier alpha value is -2.89. The van der Waals surface area contributed by atoms with Crippen molar-refractivity contribution in [3.8, 4) is 0 Å². The summed E-state index contributed by atoms with van der Waals surface area (Å²) >= 11 is 0. The number of ether oxygens (including phenoxy) is 1. The van der Waals surface area contributed by atoms with Crippen LogP contribution in [0.4, 0.5) is 14.9 Å². The van der Waals surface area contributed by atoms with Crippen molar-refractivity contribution in [2.24, 2.45) is 0 Å². The van der Waals surface area contributed by atoms with Crippen LogP contribution in [0.1, 0.15) is 21.5 Å². The van der Waals surface area contributed by atoms with Crippen molar-refractivity contribution in [2.75, 3.05) is 5.32 Å². The molecule has 0 aromatic heterocycles. The number of hydrogen-bond donors (Lipinski definition) is 2. The lowest BCUT2D eigenvalue weighted by molar-refractivity contribution is 0.0698. The lowest BCUT2D eigenvalue weighted by Crippen LogP contribution is -2.16. The molecule has 2 N–H and O–H groups in total. The Morgan fingerprint density at radius 2 is 1.91 bits per heavy atom. The molecule has 2 aromatic carbocycles. The van der Waals surface area contributed by atoms with E-state index in [0.717, 1.165) is 17.7 Å². The minimum Gasteiger partial charge on any atom is -0.478 e. The van der Waals surface area contributed by atoms with Gasteiger partial charge >= 0.3 is 12.1 Å². The van der Waals surface area contributed by atoms with Crippen molar-refractivity contribution in [3.63, 3.8) is 0 Å². The van der Waals surface area contributed by atoms with Crippen molar-refractivity contribution in [1.29, 1.82) is 0 Å². The van der Waals surface area contributed by atoms with Gasteiger partial charge in [-0.3, -0.25) is 5.32 Å². The SMILES string of the molecule is Cc1cc(C(=O)O)c(NC(=O)OCc2ccccc2)cc1F. The molecule has 0 fully saturated rings. The highest BCUT2D eigenvalue weighted by molar-refractivity contribution is 5.98. The fourth-order valence-electron chi connectivity index (χ4n) is 1.83. The summed E-state index contributed by atoms with van der Waals surface area (Å²) in [5.74, 6) is -1.87. The van der Waals surface area contributed by atoms with Crippen molar-refractivity contribution in [3.05, 3.63) is 65.0 Å². The maximum absolute atomic E-state index is 13.5. The summed E-state index contributed by atoms with van der Waals surface area (Å²) in [5, 5.41) is 11.3. The number of carbonyl (C=O) groups is 2. The van der Waals surface area contributed by atoms with Crippen LogP contribution in [0.15, 0.2) is 42.5 Å². The van der Waals surface area contributed by atoms with Crippen LogP contribution < -0.4 is 5.32 Å². The number of anilines is 1. The maximum Gasteiger partial charge on any atom is 0.411 e. The summed E-state index contributed by atoms with van der Waals surface area (Å²) in [7, 11) is 0. The van der Waals surface area contributed by atoms with E-state index in [1.165, 1.54) is 6.92 Å². The van der Waals surface area contributed by atoms with Crippen molar-refractivity contribution < 1.29 is 23.8 Å². The van der Waals surface area contributed by atoms with E-state index in [4.69, 9.17) is 9.84 Å². The van der Waals surface area contributed by atoms with E-state index >= 15 is 0 Å². The van der Waals surface area contributed by atoms with Crippen LogP contribution in [-0.2, 0) is 11.3 Å². The van der Waals surface area contributed by atoms with E-state index in [1.54, 1.807) is 24.3 Å². The number of halogens is 1. The predicted octanol–water partition coefficient (Wildman–Crippen LogP) is 3.58. The largest absolute Gasteiger partial charge is 0.478 e. The minimum atomic E-state index is -1.26. The molecule has 0 saturated heterocycles. The lowest BCUT2D eigenvalue weighted by Gasteiger charge is -2.10. The van der Waals surface area contributed by atoms with Crippen LogP contribution in [0.5, 0.6) is 0 Å². The molecule has 22 heavy (non-hydrogen) atoms. The number of nitrogens with one attached hydrogen (secondary N) is 1. The third-order valence-electron chi connectivity index (χ3n) is 2.98. The molecule has 0 heterocycles. The molecule has 1 amide bonds. The first kappa shape index (κ1) is 15.5. The molecule has 0 aliphatic rings. The molecular formula is C16H14FNO4. The highest BCUT2D eigenvalue weighted by Crippen LogP contribution is 2.21. The van der Waals surface area contributed by atoms with E-state index in [2.05, 4.69) is 5.32 Å². The first-order valence-corrected chi connectivity index (χ1v) is 6.48. The van der Waals surface area contributed by atoms with Gasteiger partial charge in [-0.25, -0.2) is 14.0 Å². The Bertz CT molecular complexity index is 701. The summed E-state index contributed by atoms with van der Waals surface area (Å²) in [6.45, 7) is 1.47. The second-order valence-corrected chi connectivity index (χ2v) is 4.64. The maximum atomic E-state index is 13.5. The minimum absolute atomic E-state index is 0.0312. The average molecular weight is 303 g/mol. The molecule has 114 valence electrons. The standard InChI is InChI=1S/C16H14FNO4/c1-10-7-12(15(19)20)14(8-13(10)17)18-16(21)22-9-11-5-3-2-4-6-11/h2-8H,9H2,1H3,(H,18,21)(H,19,20). The second-order valence-electron chi connectivity index (χ2n) is 4.64. The fourth-order valence-corrected chi connectivity index (χ4v) is 1.83. The van der Waals surface area contributed by atoms with Gasteiger partial charge in [-0.05, 0) is 30.2 Å². The van der Waals surface area contributed by atoms with Gasteiger partial charge in [0.05, 0.1) is 11.3 Å². The van der Waals surface area contributed by atoms with Crippen LogP contribution >= 0.6 is 0 Å². The summed E-state index contributed by atoms with van der Waals surface area (Å²) in [4.78, 5) is 22.8. The van der Waals surface area contributed by atoms with Gasteiger partial charge in [-0.15, -0.1) is 0 Å². The molecule has 0 bridgehead atoms. The first-order chi connectivity index (χ1) is 10.5. The predicted molar refractivity (Wildman–Crippen MR) is 78.3 cm³/mol. The Labute approximate surface area is 126 Å². The van der Waals surface area contributed by atoms with Crippen LogP contribution in [0.3, 0.4) is 0 Å². The van der Waals surface area contributed by atoms with Gasteiger partial charge in [0, 0.05) is 0 Å². The quantitative estimate of drug-likeness (QED) is 0.905. The number of carboxylic acid groups (broad SMARTS) is 1. The van der Waals surface area contributed by atoms with Crippen molar-refractivity contribution in [2.45, 2.75) is 13.5 Å². The smallest absolute Gasteiger partial charge is 0.411 e. The number of rotatable bonds is 4. The lowest BCUT2D eigenvalue weighted by atomic mass is 10.1. The van der Waals surface area contributed by atoms with Gasteiger partial charge in [0.25, 0.3) is 0 Å².